The third-order valence-electron chi connectivity index (χ3n) is 1.64. The highest BCUT2D eigenvalue weighted by molar-refractivity contribution is 5.98. The van der Waals surface area contributed by atoms with E-state index in [-0.39, 0.29) is 0 Å². The third-order valence-corrected chi connectivity index (χ3v) is 1.64. The normalized spacial score (nSPS) is 12.2. The number of rotatable bonds is 2. The molecule has 0 fully saturated rings. The van der Waals surface area contributed by atoms with Crippen molar-refractivity contribution in [2.75, 3.05) is 0 Å². The molecule has 0 bridgehead atoms. The molecular formula is C11H15N. The van der Waals surface area contributed by atoms with Crippen molar-refractivity contribution in [2.24, 2.45) is 4.99 Å². The molecule has 0 unspecified atom stereocenters. The Morgan fingerprint density at radius 3 is 2.25 bits per heavy atom. The van der Waals surface area contributed by atoms with Crippen LogP contribution in [0.3, 0.4) is 0 Å². The first kappa shape index (κ1) is 8.98. The van der Waals surface area contributed by atoms with E-state index in [1.165, 1.54) is 5.56 Å². The van der Waals surface area contributed by atoms with Crippen LogP contribution in [0.2, 0.25) is 0 Å². The molecule has 1 heteroatoms. The minimum atomic E-state index is 0.380. The number of hydrogen-bond acceptors (Lipinski definition) is 1. The van der Waals surface area contributed by atoms with Crippen molar-refractivity contribution in [1.29, 1.82) is 0 Å². The van der Waals surface area contributed by atoms with Crippen LogP contribution >= 0.6 is 0 Å². The van der Waals surface area contributed by atoms with Crippen LogP contribution in [-0.2, 0) is 0 Å². The zero-order valence-electron chi connectivity index (χ0n) is 7.91. The summed E-state index contributed by atoms with van der Waals surface area (Å²) in [5.74, 6) is 0. The molecule has 0 saturated carbocycles. The van der Waals surface area contributed by atoms with Crippen LogP contribution in [0.25, 0.3) is 0 Å². The van der Waals surface area contributed by atoms with Gasteiger partial charge in [0.15, 0.2) is 0 Å². The molecule has 0 N–H and O–H groups in total. The van der Waals surface area contributed by atoms with Gasteiger partial charge in [-0.1, -0.05) is 30.3 Å². The molecular weight excluding hydrogens is 146 g/mol. The molecule has 0 aromatic heterocycles. The Morgan fingerprint density at radius 1 is 1.17 bits per heavy atom. The molecule has 0 atom stereocenters. The van der Waals surface area contributed by atoms with E-state index in [4.69, 9.17) is 0 Å². The van der Waals surface area contributed by atoms with Crippen LogP contribution in [0.4, 0.5) is 0 Å². The lowest BCUT2D eigenvalue weighted by Gasteiger charge is -2.02. The molecule has 12 heavy (non-hydrogen) atoms. The Hall–Kier alpha value is -1.11. The highest BCUT2D eigenvalue weighted by Crippen LogP contribution is 2.02. The maximum absolute atomic E-state index is 4.46. The van der Waals surface area contributed by atoms with E-state index in [0.29, 0.717) is 6.04 Å². The monoisotopic (exact) mass is 161 g/mol. The molecule has 0 radical (unpaired) electrons. The summed E-state index contributed by atoms with van der Waals surface area (Å²) in [6.07, 6.45) is 0. The Labute approximate surface area is 74.2 Å². The van der Waals surface area contributed by atoms with Crippen molar-refractivity contribution in [3.63, 3.8) is 0 Å². The lowest BCUT2D eigenvalue weighted by atomic mass is 10.1. The quantitative estimate of drug-likeness (QED) is 0.591. The SMILES string of the molecule is C/C(=N\C(C)C)c1ccccc1. The minimum absolute atomic E-state index is 0.380. The summed E-state index contributed by atoms with van der Waals surface area (Å²) in [6, 6.07) is 10.6. The van der Waals surface area contributed by atoms with Crippen LogP contribution in [0.1, 0.15) is 26.3 Å². The highest BCUT2D eigenvalue weighted by Gasteiger charge is 1.95. The van der Waals surface area contributed by atoms with Crippen LogP contribution in [0.15, 0.2) is 35.3 Å². The highest BCUT2D eigenvalue weighted by atomic mass is 14.8. The standard InChI is InChI=1S/C11H15N/c1-9(2)12-10(3)11-7-5-4-6-8-11/h4-9H,1-3H3/b12-10+. The Kier molecular flexibility index (Phi) is 3.03. The van der Waals surface area contributed by atoms with Gasteiger partial charge in [0.1, 0.15) is 0 Å². The summed E-state index contributed by atoms with van der Waals surface area (Å²) >= 11 is 0. The molecule has 1 nitrogen and oxygen atoms in total. The van der Waals surface area contributed by atoms with Crippen LogP contribution in [-0.4, -0.2) is 11.8 Å². The summed E-state index contributed by atoms with van der Waals surface area (Å²) in [4.78, 5) is 4.46. The van der Waals surface area contributed by atoms with E-state index in [0.717, 1.165) is 5.71 Å². The number of aliphatic imine (C=N–C) groups is 1. The molecule has 1 rings (SSSR count). The molecule has 1 aromatic rings. The van der Waals surface area contributed by atoms with Gasteiger partial charge in [0.05, 0.1) is 0 Å². The fourth-order valence-corrected chi connectivity index (χ4v) is 1.14. The van der Waals surface area contributed by atoms with Gasteiger partial charge < -0.3 is 0 Å². The maximum atomic E-state index is 4.46. The van der Waals surface area contributed by atoms with E-state index in [1.807, 2.05) is 18.2 Å². The van der Waals surface area contributed by atoms with E-state index in [9.17, 15) is 0 Å². The van der Waals surface area contributed by atoms with E-state index in [2.05, 4.69) is 37.9 Å². The van der Waals surface area contributed by atoms with Crippen molar-refractivity contribution in [2.45, 2.75) is 26.8 Å². The van der Waals surface area contributed by atoms with Gasteiger partial charge in [-0.25, -0.2) is 0 Å². The first-order valence-electron chi connectivity index (χ1n) is 4.30. The summed E-state index contributed by atoms with van der Waals surface area (Å²) in [5.41, 5.74) is 2.33. The van der Waals surface area contributed by atoms with Gasteiger partial charge in [0, 0.05) is 11.8 Å². The van der Waals surface area contributed by atoms with Crippen molar-refractivity contribution >= 4 is 5.71 Å². The molecule has 0 aliphatic heterocycles. The summed E-state index contributed by atoms with van der Waals surface area (Å²) < 4.78 is 0. The molecule has 64 valence electrons. The Morgan fingerprint density at radius 2 is 1.75 bits per heavy atom. The summed E-state index contributed by atoms with van der Waals surface area (Å²) in [7, 11) is 0. The maximum Gasteiger partial charge on any atom is 0.0446 e. The molecule has 0 aliphatic carbocycles. The zero-order chi connectivity index (χ0) is 8.97. The predicted molar refractivity (Wildman–Crippen MR) is 53.8 cm³/mol. The van der Waals surface area contributed by atoms with Crippen LogP contribution in [0.5, 0.6) is 0 Å². The van der Waals surface area contributed by atoms with E-state index in [1.54, 1.807) is 0 Å². The minimum Gasteiger partial charge on any atom is -0.287 e. The van der Waals surface area contributed by atoms with Gasteiger partial charge in [-0.2, -0.15) is 0 Å². The largest absolute Gasteiger partial charge is 0.287 e. The lowest BCUT2D eigenvalue weighted by molar-refractivity contribution is 0.835. The Balaban J connectivity index is 2.85. The second-order valence-corrected chi connectivity index (χ2v) is 3.17. The zero-order valence-corrected chi connectivity index (χ0v) is 7.91. The second-order valence-electron chi connectivity index (χ2n) is 3.17. The van der Waals surface area contributed by atoms with Crippen LogP contribution < -0.4 is 0 Å². The van der Waals surface area contributed by atoms with Gasteiger partial charge in [0.2, 0.25) is 0 Å². The smallest absolute Gasteiger partial charge is 0.0446 e. The first-order chi connectivity index (χ1) is 5.70. The number of benzene rings is 1. The average molecular weight is 161 g/mol. The molecule has 0 amide bonds. The third kappa shape index (κ3) is 2.50. The van der Waals surface area contributed by atoms with Gasteiger partial charge in [0.25, 0.3) is 0 Å². The summed E-state index contributed by atoms with van der Waals surface area (Å²) in [5, 5.41) is 0. The van der Waals surface area contributed by atoms with Gasteiger partial charge in [-0.3, -0.25) is 4.99 Å². The fraction of sp³-hybridized carbons (Fsp3) is 0.364. The number of nitrogens with zero attached hydrogens (tertiary/aromatic N) is 1. The van der Waals surface area contributed by atoms with Crippen molar-refractivity contribution < 1.29 is 0 Å². The number of hydrogen-bond donors (Lipinski definition) is 0. The van der Waals surface area contributed by atoms with Gasteiger partial charge >= 0.3 is 0 Å². The van der Waals surface area contributed by atoms with Gasteiger partial charge in [-0.05, 0) is 26.3 Å². The van der Waals surface area contributed by atoms with Crippen molar-refractivity contribution in [3.05, 3.63) is 35.9 Å². The molecule has 0 spiro atoms. The molecule has 0 saturated heterocycles. The Bertz CT molecular complexity index is 260. The fourth-order valence-electron chi connectivity index (χ4n) is 1.14. The lowest BCUT2D eigenvalue weighted by Crippen LogP contribution is -1.99. The van der Waals surface area contributed by atoms with Crippen molar-refractivity contribution in [1.82, 2.24) is 0 Å². The average Bonchev–Trinajstić information content (AvgIpc) is 2.05. The van der Waals surface area contributed by atoms with E-state index >= 15 is 0 Å². The predicted octanol–water partition coefficient (Wildman–Crippen LogP) is 2.90. The first-order valence-corrected chi connectivity index (χ1v) is 4.30. The summed E-state index contributed by atoms with van der Waals surface area (Å²) in [6.45, 7) is 6.23. The topological polar surface area (TPSA) is 12.4 Å². The molecule has 1 aromatic carbocycles. The van der Waals surface area contributed by atoms with Gasteiger partial charge in [-0.15, -0.1) is 0 Å². The van der Waals surface area contributed by atoms with Crippen molar-refractivity contribution in [3.8, 4) is 0 Å². The molecule has 0 heterocycles. The van der Waals surface area contributed by atoms with E-state index < -0.39 is 0 Å². The molecule has 0 aliphatic rings. The van der Waals surface area contributed by atoms with Crippen LogP contribution in [0, 0.1) is 0 Å². The second kappa shape index (κ2) is 4.05.